The van der Waals surface area contributed by atoms with Crippen LogP contribution in [0, 0.1) is 0 Å². The highest BCUT2D eigenvalue weighted by Crippen LogP contribution is 2.39. The van der Waals surface area contributed by atoms with Gasteiger partial charge in [0.15, 0.2) is 11.4 Å². The van der Waals surface area contributed by atoms with Crippen molar-refractivity contribution in [2.75, 3.05) is 23.4 Å². The smallest absolute Gasteiger partial charge is 0.268 e. The lowest BCUT2D eigenvalue weighted by Gasteiger charge is -2.31. The third-order valence-electron chi connectivity index (χ3n) is 10.5. The van der Waals surface area contributed by atoms with E-state index < -0.39 is 11.4 Å². The molecule has 11 nitrogen and oxygen atoms in total. The number of thioether (sulfide) groups is 1. The van der Waals surface area contributed by atoms with E-state index in [9.17, 15) is 9.59 Å². The number of carbonyl (C=O) groups is 2. The van der Waals surface area contributed by atoms with Gasteiger partial charge in [0.25, 0.3) is 11.8 Å². The number of benzene rings is 3. The summed E-state index contributed by atoms with van der Waals surface area (Å²) >= 11 is 1.30. The maximum atomic E-state index is 14.0. The SMILES string of the molecule is CC[C@H](Oc1ccc(C(C)(C)CC)cc1C(C)(C)CC)C(=O)Nc1ccc(N2N=C(N3CCCC3)[C@@H](Sc3nnnn3-c3ccccc3)C2=O)cc1. The second-order valence-corrected chi connectivity index (χ2v) is 15.8. The van der Waals surface area contributed by atoms with Crippen molar-refractivity contribution in [3.05, 3.63) is 83.9 Å². The van der Waals surface area contributed by atoms with E-state index in [0.717, 1.165) is 55.8 Å². The summed E-state index contributed by atoms with van der Waals surface area (Å²) in [6, 6.07) is 23.2. The first-order chi connectivity index (χ1) is 25.0. The molecular weight excluding hydrogens is 673 g/mol. The lowest BCUT2D eigenvalue weighted by atomic mass is 9.76. The number of nitrogens with zero attached hydrogens (tertiary/aromatic N) is 7. The van der Waals surface area contributed by atoms with Crippen molar-refractivity contribution in [1.29, 1.82) is 0 Å². The van der Waals surface area contributed by atoms with Crippen LogP contribution in [0.3, 0.4) is 0 Å². The van der Waals surface area contributed by atoms with Crippen LogP contribution in [0.15, 0.2) is 83.1 Å². The van der Waals surface area contributed by atoms with E-state index in [1.807, 2.05) is 43.3 Å². The highest BCUT2D eigenvalue weighted by atomic mass is 32.2. The van der Waals surface area contributed by atoms with Gasteiger partial charge in [0.1, 0.15) is 11.6 Å². The quantitative estimate of drug-likeness (QED) is 0.149. The molecule has 1 saturated heterocycles. The van der Waals surface area contributed by atoms with E-state index in [2.05, 4.69) is 79.4 Å². The number of likely N-dealkylation sites (tertiary alicyclic amines) is 1. The summed E-state index contributed by atoms with van der Waals surface area (Å²) in [4.78, 5) is 29.8. The first-order valence-electron chi connectivity index (χ1n) is 18.4. The van der Waals surface area contributed by atoms with Crippen molar-refractivity contribution in [2.45, 2.75) is 108 Å². The van der Waals surface area contributed by atoms with E-state index in [1.165, 1.54) is 22.3 Å². The Kier molecular flexibility index (Phi) is 11.0. The normalized spacial score (nSPS) is 17.0. The largest absolute Gasteiger partial charge is 0.480 e. The number of amidine groups is 1. The summed E-state index contributed by atoms with van der Waals surface area (Å²) < 4.78 is 8.12. The van der Waals surface area contributed by atoms with Crippen LogP contribution in [0.2, 0.25) is 0 Å². The van der Waals surface area contributed by atoms with Crippen LogP contribution in [0.25, 0.3) is 5.69 Å². The van der Waals surface area contributed by atoms with Gasteiger partial charge in [-0.05, 0) is 101 Å². The zero-order valence-electron chi connectivity index (χ0n) is 31.3. The molecule has 0 aliphatic carbocycles. The standard InChI is InChI=1S/C40H50N8O3S/c1-8-32(51-33-23-18-27(39(4,5)9-2)26-31(33)40(6,7)10-3)36(49)41-28-19-21-30(22-20-28)47-37(50)34(35(43-47)46-24-14-15-25-46)52-38-42-44-45-48(38)29-16-12-11-13-17-29/h11-13,16-23,26,32,34H,8-10,14-15,24-25H2,1-7H3,(H,41,49)/t32-,34+/m0/s1. The van der Waals surface area contributed by atoms with Gasteiger partial charge in [0, 0.05) is 24.3 Å². The van der Waals surface area contributed by atoms with Gasteiger partial charge >= 0.3 is 0 Å². The minimum atomic E-state index is -0.686. The number of aromatic nitrogens is 4. The molecule has 0 unspecified atom stereocenters. The number of para-hydroxylation sites is 1. The van der Waals surface area contributed by atoms with Crippen molar-refractivity contribution in [3.63, 3.8) is 0 Å². The number of anilines is 2. The second-order valence-electron chi connectivity index (χ2n) is 14.7. The minimum absolute atomic E-state index is 0.0338. The molecule has 1 N–H and O–H groups in total. The summed E-state index contributed by atoms with van der Waals surface area (Å²) in [5.41, 5.74) is 4.31. The van der Waals surface area contributed by atoms with Gasteiger partial charge in [-0.15, -0.1) is 5.10 Å². The van der Waals surface area contributed by atoms with Crippen molar-refractivity contribution in [1.82, 2.24) is 25.1 Å². The predicted molar refractivity (Wildman–Crippen MR) is 207 cm³/mol. The molecule has 2 aliphatic rings. The lowest BCUT2D eigenvalue weighted by Crippen LogP contribution is -2.37. The molecule has 1 aromatic heterocycles. The summed E-state index contributed by atoms with van der Waals surface area (Å²) in [7, 11) is 0. The van der Waals surface area contributed by atoms with Crippen LogP contribution in [-0.4, -0.2) is 67.2 Å². The van der Waals surface area contributed by atoms with E-state index in [0.29, 0.717) is 28.8 Å². The van der Waals surface area contributed by atoms with Crippen LogP contribution >= 0.6 is 11.8 Å². The molecule has 1 fully saturated rings. The maximum Gasteiger partial charge on any atom is 0.268 e. The van der Waals surface area contributed by atoms with Gasteiger partial charge in [-0.25, -0.2) is 0 Å². The van der Waals surface area contributed by atoms with E-state index in [4.69, 9.17) is 9.84 Å². The molecule has 0 bridgehead atoms. The highest BCUT2D eigenvalue weighted by molar-refractivity contribution is 8.01. The summed E-state index contributed by atoms with van der Waals surface area (Å²) in [6.07, 6.45) is 3.86. The third-order valence-corrected chi connectivity index (χ3v) is 11.6. The molecule has 3 heterocycles. The van der Waals surface area contributed by atoms with Gasteiger partial charge in [0.2, 0.25) is 5.16 Å². The molecule has 52 heavy (non-hydrogen) atoms. The number of hydrogen-bond donors (Lipinski definition) is 1. The Balaban J connectivity index is 1.18. The van der Waals surface area contributed by atoms with Gasteiger partial charge < -0.3 is 15.0 Å². The minimum Gasteiger partial charge on any atom is -0.480 e. The molecular formula is C40H50N8O3S. The molecule has 6 rings (SSSR count). The van der Waals surface area contributed by atoms with Crippen LogP contribution in [-0.2, 0) is 20.4 Å². The van der Waals surface area contributed by atoms with Crippen LogP contribution < -0.4 is 15.1 Å². The summed E-state index contributed by atoms with van der Waals surface area (Å²) in [5.74, 6) is 1.04. The van der Waals surface area contributed by atoms with E-state index >= 15 is 0 Å². The monoisotopic (exact) mass is 722 g/mol. The Morgan fingerprint density at radius 1 is 0.923 bits per heavy atom. The van der Waals surface area contributed by atoms with Crippen LogP contribution in [0.4, 0.5) is 11.4 Å². The van der Waals surface area contributed by atoms with Crippen molar-refractivity contribution >= 4 is 40.8 Å². The first-order valence-corrected chi connectivity index (χ1v) is 19.2. The first kappa shape index (κ1) is 37.1. The lowest BCUT2D eigenvalue weighted by molar-refractivity contribution is -0.123. The zero-order chi connectivity index (χ0) is 37.0. The van der Waals surface area contributed by atoms with Crippen LogP contribution in [0.5, 0.6) is 5.75 Å². The summed E-state index contributed by atoms with van der Waals surface area (Å²) in [6.45, 7) is 17.0. The van der Waals surface area contributed by atoms with Crippen LogP contribution in [0.1, 0.15) is 91.7 Å². The number of ether oxygens (including phenoxy) is 1. The third kappa shape index (κ3) is 7.72. The van der Waals surface area contributed by atoms with Gasteiger partial charge in [-0.2, -0.15) is 14.8 Å². The molecule has 4 aromatic rings. The molecule has 0 saturated carbocycles. The number of rotatable bonds is 13. The fourth-order valence-electron chi connectivity index (χ4n) is 6.34. The number of carbonyl (C=O) groups excluding carboxylic acids is 2. The molecule has 2 amide bonds. The average molecular weight is 723 g/mol. The number of hydrazone groups is 1. The molecule has 12 heteroatoms. The van der Waals surface area contributed by atoms with Crippen molar-refractivity contribution < 1.29 is 14.3 Å². The maximum absolute atomic E-state index is 14.0. The molecule has 0 spiro atoms. The number of tetrazole rings is 1. The molecule has 274 valence electrons. The predicted octanol–water partition coefficient (Wildman–Crippen LogP) is 7.75. The number of nitrogens with one attached hydrogen (secondary N) is 1. The van der Waals surface area contributed by atoms with Gasteiger partial charge in [0.05, 0.1) is 11.4 Å². The van der Waals surface area contributed by atoms with Gasteiger partial charge in [-0.3, -0.25) is 9.59 Å². The zero-order valence-corrected chi connectivity index (χ0v) is 32.1. The fourth-order valence-corrected chi connectivity index (χ4v) is 7.38. The molecule has 2 atom stereocenters. The Morgan fingerprint density at radius 3 is 2.27 bits per heavy atom. The topological polar surface area (TPSA) is 118 Å². The molecule has 2 aliphatic heterocycles. The van der Waals surface area contributed by atoms with Crippen molar-refractivity contribution in [2.24, 2.45) is 5.10 Å². The highest BCUT2D eigenvalue weighted by Gasteiger charge is 2.42. The molecule has 3 aromatic carbocycles. The summed E-state index contributed by atoms with van der Waals surface area (Å²) in [5, 5.41) is 21.5. The average Bonchev–Trinajstić information content (AvgIpc) is 3.93. The Morgan fingerprint density at radius 2 is 1.62 bits per heavy atom. The number of amides is 2. The Bertz CT molecular complexity index is 1900. The Hall–Kier alpha value is -4.71. The fraction of sp³-hybridized carbons (Fsp3) is 0.450. The molecule has 0 radical (unpaired) electrons. The van der Waals surface area contributed by atoms with E-state index in [-0.39, 0.29) is 22.6 Å². The second kappa shape index (κ2) is 15.5. The number of hydrogen-bond acceptors (Lipinski definition) is 9. The van der Waals surface area contributed by atoms with E-state index in [1.54, 1.807) is 28.9 Å². The van der Waals surface area contributed by atoms with Crippen molar-refractivity contribution in [3.8, 4) is 11.4 Å². The van der Waals surface area contributed by atoms with Gasteiger partial charge in [-0.1, -0.05) is 90.6 Å². The Labute approximate surface area is 311 Å².